The van der Waals surface area contributed by atoms with Crippen LogP contribution in [0, 0.1) is 0 Å². The van der Waals surface area contributed by atoms with Gasteiger partial charge in [-0.15, -0.1) is 12.4 Å². The molecule has 1 rings (SSSR count). The fourth-order valence-electron chi connectivity index (χ4n) is 1.53. The van der Waals surface area contributed by atoms with Crippen LogP contribution >= 0.6 is 12.4 Å². The summed E-state index contributed by atoms with van der Waals surface area (Å²) >= 11 is 0. The summed E-state index contributed by atoms with van der Waals surface area (Å²) in [5.74, 6) is 0.140. The number of hydrogen-bond acceptors (Lipinski definition) is 3. The Balaban J connectivity index is 0.00000289. The topological polar surface area (TPSA) is 61.3 Å². The summed E-state index contributed by atoms with van der Waals surface area (Å²) in [6, 6.07) is 2.86. The van der Waals surface area contributed by atoms with Gasteiger partial charge >= 0.3 is 6.18 Å². The highest BCUT2D eigenvalue weighted by Crippen LogP contribution is 2.34. The minimum absolute atomic E-state index is 0. The van der Waals surface area contributed by atoms with Crippen LogP contribution in [0.4, 0.5) is 13.2 Å². The van der Waals surface area contributed by atoms with Gasteiger partial charge in [0.15, 0.2) is 0 Å². The Labute approximate surface area is 110 Å². The zero-order valence-corrected chi connectivity index (χ0v) is 10.6. The molecule has 4 N–H and O–H groups in total. The summed E-state index contributed by atoms with van der Waals surface area (Å²) < 4.78 is 42.4. The van der Waals surface area contributed by atoms with Crippen molar-refractivity contribution in [3.63, 3.8) is 0 Å². The van der Waals surface area contributed by atoms with Crippen LogP contribution in [-0.4, -0.2) is 13.7 Å². The van der Waals surface area contributed by atoms with E-state index in [-0.39, 0.29) is 18.2 Å². The number of hydrogen-bond donors (Lipinski definition) is 2. The summed E-state index contributed by atoms with van der Waals surface area (Å²) in [6.45, 7) is 0.366. The van der Waals surface area contributed by atoms with Gasteiger partial charge in [0.25, 0.3) is 0 Å². The molecule has 0 spiro atoms. The summed E-state index contributed by atoms with van der Waals surface area (Å²) in [6.07, 6.45) is -3.90. The van der Waals surface area contributed by atoms with Gasteiger partial charge in [0.2, 0.25) is 0 Å². The maximum absolute atomic E-state index is 12.5. The van der Waals surface area contributed by atoms with Gasteiger partial charge in [0.05, 0.1) is 12.7 Å². The lowest BCUT2D eigenvalue weighted by Crippen LogP contribution is -2.16. The Bertz CT molecular complexity index is 385. The van der Waals surface area contributed by atoms with Crippen LogP contribution < -0.4 is 16.2 Å². The second-order valence-corrected chi connectivity index (χ2v) is 3.64. The van der Waals surface area contributed by atoms with E-state index in [0.717, 1.165) is 12.1 Å². The van der Waals surface area contributed by atoms with Crippen LogP contribution in [-0.2, 0) is 6.18 Å². The van der Waals surface area contributed by atoms with Gasteiger partial charge in [-0.3, -0.25) is 0 Å². The molecule has 1 aromatic carbocycles. The first kappa shape index (κ1) is 17.0. The maximum Gasteiger partial charge on any atom is 0.416 e. The van der Waals surface area contributed by atoms with Gasteiger partial charge in [-0.1, -0.05) is 6.07 Å². The highest BCUT2D eigenvalue weighted by molar-refractivity contribution is 5.85. The van der Waals surface area contributed by atoms with Crippen LogP contribution in [0.3, 0.4) is 0 Å². The SMILES string of the molecule is COc1cc(C(F)(F)F)ccc1[C@H](N)CCN.Cl. The van der Waals surface area contributed by atoms with E-state index in [2.05, 4.69) is 0 Å². The Morgan fingerprint density at radius 2 is 1.94 bits per heavy atom. The summed E-state index contributed by atoms with van der Waals surface area (Å²) in [4.78, 5) is 0. The normalized spacial score (nSPS) is 12.8. The molecule has 3 nitrogen and oxygen atoms in total. The molecule has 1 aromatic rings. The van der Waals surface area contributed by atoms with Crippen molar-refractivity contribution in [3.05, 3.63) is 29.3 Å². The number of alkyl halides is 3. The molecule has 0 heterocycles. The van der Waals surface area contributed by atoms with Crippen molar-refractivity contribution in [3.8, 4) is 5.75 Å². The van der Waals surface area contributed by atoms with Crippen molar-refractivity contribution >= 4 is 12.4 Å². The Morgan fingerprint density at radius 3 is 2.39 bits per heavy atom. The molecule has 0 unspecified atom stereocenters. The number of ether oxygens (including phenoxy) is 1. The minimum atomic E-state index is -4.39. The first-order valence-corrected chi connectivity index (χ1v) is 5.11. The van der Waals surface area contributed by atoms with Crippen molar-refractivity contribution < 1.29 is 17.9 Å². The predicted octanol–water partition coefficient (Wildman–Crippen LogP) is 2.48. The lowest BCUT2D eigenvalue weighted by atomic mass is 10.0. The third-order valence-electron chi connectivity index (χ3n) is 2.44. The van der Waals surface area contributed by atoms with Gasteiger partial charge in [-0.2, -0.15) is 13.2 Å². The number of rotatable bonds is 4. The Morgan fingerprint density at radius 1 is 1.33 bits per heavy atom. The third kappa shape index (κ3) is 4.04. The van der Waals surface area contributed by atoms with Gasteiger partial charge in [-0.05, 0) is 25.1 Å². The Kier molecular flexibility index (Phi) is 6.45. The molecule has 0 saturated heterocycles. The second-order valence-electron chi connectivity index (χ2n) is 3.64. The van der Waals surface area contributed by atoms with Crippen molar-refractivity contribution in [2.75, 3.05) is 13.7 Å². The van der Waals surface area contributed by atoms with Crippen LogP contribution in [0.25, 0.3) is 0 Å². The highest BCUT2D eigenvalue weighted by atomic mass is 35.5. The Hall–Kier alpha value is -0.980. The molecule has 0 aromatic heterocycles. The number of nitrogens with two attached hydrogens (primary N) is 2. The fourth-order valence-corrected chi connectivity index (χ4v) is 1.53. The fraction of sp³-hybridized carbons (Fsp3) is 0.455. The van der Waals surface area contributed by atoms with Crippen molar-refractivity contribution in [2.24, 2.45) is 11.5 Å². The molecule has 0 amide bonds. The summed E-state index contributed by atoms with van der Waals surface area (Å²) in [7, 11) is 1.31. The number of benzene rings is 1. The first-order chi connectivity index (χ1) is 7.90. The van der Waals surface area contributed by atoms with E-state index in [1.807, 2.05) is 0 Å². The molecule has 18 heavy (non-hydrogen) atoms. The predicted molar refractivity (Wildman–Crippen MR) is 65.8 cm³/mol. The molecule has 1 atom stereocenters. The third-order valence-corrected chi connectivity index (χ3v) is 2.44. The molecular weight excluding hydrogens is 269 g/mol. The smallest absolute Gasteiger partial charge is 0.416 e. The van der Waals surface area contributed by atoms with E-state index >= 15 is 0 Å². The zero-order valence-electron chi connectivity index (χ0n) is 9.83. The summed E-state index contributed by atoms with van der Waals surface area (Å²) in [5.41, 5.74) is 10.9. The molecule has 0 radical (unpaired) electrons. The van der Waals surface area contributed by atoms with E-state index in [9.17, 15) is 13.2 Å². The van der Waals surface area contributed by atoms with Crippen LogP contribution in [0.15, 0.2) is 18.2 Å². The first-order valence-electron chi connectivity index (χ1n) is 5.11. The van der Waals surface area contributed by atoms with Gasteiger partial charge in [0.1, 0.15) is 5.75 Å². The van der Waals surface area contributed by atoms with Crippen LogP contribution in [0.1, 0.15) is 23.6 Å². The highest BCUT2D eigenvalue weighted by Gasteiger charge is 2.31. The molecular formula is C11H16ClF3N2O. The lowest BCUT2D eigenvalue weighted by molar-refractivity contribution is -0.137. The molecule has 0 aliphatic carbocycles. The van der Waals surface area contributed by atoms with Gasteiger partial charge in [-0.25, -0.2) is 0 Å². The largest absolute Gasteiger partial charge is 0.496 e. The molecule has 104 valence electrons. The molecule has 0 aliphatic heterocycles. The van der Waals surface area contributed by atoms with E-state index in [0.29, 0.717) is 18.5 Å². The van der Waals surface area contributed by atoms with Gasteiger partial charge < -0.3 is 16.2 Å². The molecule has 0 bridgehead atoms. The lowest BCUT2D eigenvalue weighted by Gasteiger charge is -2.17. The van der Waals surface area contributed by atoms with E-state index in [4.69, 9.17) is 16.2 Å². The average molecular weight is 285 g/mol. The van der Waals surface area contributed by atoms with Gasteiger partial charge in [0, 0.05) is 11.6 Å². The number of halogens is 4. The van der Waals surface area contributed by atoms with E-state index < -0.39 is 17.8 Å². The van der Waals surface area contributed by atoms with E-state index in [1.165, 1.54) is 13.2 Å². The zero-order chi connectivity index (χ0) is 13.1. The van der Waals surface area contributed by atoms with Crippen molar-refractivity contribution in [1.82, 2.24) is 0 Å². The average Bonchev–Trinajstić information content (AvgIpc) is 2.27. The second kappa shape index (κ2) is 6.82. The van der Waals surface area contributed by atoms with Crippen LogP contribution in [0.5, 0.6) is 5.75 Å². The molecule has 0 aliphatic rings. The molecule has 0 saturated carbocycles. The minimum Gasteiger partial charge on any atom is -0.496 e. The molecule has 7 heteroatoms. The summed E-state index contributed by atoms with van der Waals surface area (Å²) in [5, 5.41) is 0. The van der Waals surface area contributed by atoms with Crippen molar-refractivity contribution in [2.45, 2.75) is 18.6 Å². The maximum atomic E-state index is 12.5. The van der Waals surface area contributed by atoms with Crippen molar-refractivity contribution in [1.29, 1.82) is 0 Å². The monoisotopic (exact) mass is 284 g/mol. The molecule has 0 fully saturated rings. The quantitative estimate of drug-likeness (QED) is 0.893. The van der Waals surface area contributed by atoms with Crippen LogP contribution in [0.2, 0.25) is 0 Å². The standard InChI is InChI=1S/C11H15F3N2O.ClH/c1-17-10-6-7(11(12,13)14)2-3-8(10)9(16)4-5-15;/h2-3,6,9H,4-5,15-16H2,1H3;1H/t9-;/m1./s1. The number of methoxy groups -OCH3 is 1. The van der Waals surface area contributed by atoms with E-state index in [1.54, 1.807) is 0 Å².